The molecule has 4 atom stereocenters. The summed E-state index contributed by atoms with van der Waals surface area (Å²) in [6.45, 7) is 1.63. The largest absolute Gasteiger partial charge is 0.508 e. The number of piperidine rings is 1. The number of rotatable bonds is 4. The second-order valence-corrected chi connectivity index (χ2v) is 11.3. The van der Waals surface area contributed by atoms with Gasteiger partial charge in [0.1, 0.15) is 11.6 Å². The van der Waals surface area contributed by atoms with E-state index in [1.54, 1.807) is 6.07 Å². The topological polar surface area (TPSA) is 102 Å². The lowest BCUT2D eigenvalue weighted by atomic mass is 9.49. The first-order valence-corrected chi connectivity index (χ1v) is 12.8. The van der Waals surface area contributed by atoms with E-state index in [4.69, 9.17) is 16.3 Å². The minimum atomic E-state index is -1.39. The Morgan fingerprint density at radius 2 is 2.03 bits per heavy atom. The van der Waals surface area contributed by atoms with Crippen molar-refractivity contribution in [3.05, 3.63) is 63.6 Å². The summed E-state index contributed by atoms with van der Waals surface area (Å²) in [5, 5.41) is 37.2. The van der Waals surface area contributed by atoms with E-state index >= 15 is 0 Å². The zero-order valence-electron chi connectivity index (χ0n) is 19.4. The third-order valence-electron chi connectivity index (χ3n) is 8.97. The van der Waals surface area contributed by atoms with Gasteiger partial charge in [-0.1, -0.05) is 25.1 Å². The van der Waals surface area contributed by atoms with E-state index < -0.39 is 28.8 Å². The number of carbonyl (C=O) groups excluding carboxylic acids is 1. The number of hydrogen-bond donors (Lipinski definition) is 4. The highest BCUT2D eigenvalue weighted by Crippen LogP contribution is 2.66. The molecule has 2 aliphatic heterocycles. The molecule has 0 aromatic heterocycles. The standard InChI is InChI=1S/C27H26ClFN2O5.CH4/c28-17-10-15(4-5-18(17)29)30-25(34)16-11-27(35)20-9-14-3-6-19(32)23-21(14)26(27,24(36-23)22(16)33)7-8-31(20)12-13-1-2-13;/h3-6,10,13,20,24,32-33,35H,1-2,7-9,11-12H2,(H,30,34);1H4/t20-,24+,26+,27-;/m1./s1. The number of nitrogens with one attached hydrogen (secondary N) is 1. The van der Waals surface area contributed by atoms with Gasteiger partial charge in [0.15, 0.2) is 17.6 Å². The van der Waals surface area contributed by atoms with Crippen LogP contribution < -0.4 is 10.1 Å². The van der Waals surface area contributed by atoms with Crippen molar-refractivity contribution in [1.82, 2.24) is 4.90 Å². The molecule has 1 saturated heterocycles. The van der Waals surface area contributed by atoms with Crippen molar-refractivity contribution in [2.45, 2.75) is 62.7 Å². The average molecular weight is 529 g/mol. The second kappa shape index (κ2) is 8.09. The molecule has 1 amide bonds. The number of benzene rings is 2. The van der Waals surface area contributed by atoms with Gasteiger partial charge < -0.3 is 25.4 Å². The Hall–Kier alpha value is -2.81. The van der Waals surface area contributed by atoms with E-state index in [9.17, 15) is 24.5 Å². The van der Waals surface area contributed by atoms with E-state index in [0.717, 1.165) is 30.3 Å². The molecule has 196 valence electrons. The number of aliphatic hydroxyl groups is 2. The van der Waals surface area contributed by atoms with E-state index in [1.807, 2.05) is 6.07 Å². The van der Waals surface area contributed by atoms with Crippen molar-refractivity contribution in [1.29, 1.82) is 0 Å². The number of amides is 1. The lowest BCUT2D eigenvalue weighted by Gasteiger charge is -2.62. The Morgan fingerprint density at radius 3 is 2.76 bits per heavy atom. The summed E-state index contributed by atoms with van der Waals surface area (Å²) in [5.74, 6) is -0.608. The van der Waals surface area contributed by atoms with Crippen LogP contribution in [0.3, 0.4) is 0 Å². The van der Waals surface area contributed by atoms with Gasteiger partial charge in [0, 0.05) is 30.3 Å². The zero-order valence-corrected chi connectivity index (χ0v) is 20.2. The van der Waals surface area contributed by atoms with Crippen LogP contribution in [0.15, 0.2) is 41.7 Å². The number of phenolic OH excluding ortho intramolecular Hbond substituents is 1. The van der Waals surface area contributed by atoms with Crippen LogP contribution in [-0.4, -0.2) is 57.0 Å². The van der Waals surface area contributed by atoms with Crippen molar-refractivity contribution in [2.24, 2.45) is 5.92 Å². The quantitative estimate of drug-likeness (QED) is 0.468. The van der Waals surface area contributed by atoms with Gasteiger partial charge in [-0.15, -0.1) is 0 Å². The molecule has 7 nitrogen and oxygen atoms in total. The summed E-state index contributed by atoms with van der Waals surface area (Å²) in [6.07, 6.45) is 2.39. The Balaban J connectivity index is 0.00000252. The van der Waals surface area contributed by atoms with Gasteiger partial charge in [0.05, 0.1) is 21.6 Å². The minimum Gasteiger partial charge on any atom is -0.508 e. The van der Waals surface area contributed by atoms with Gasteiger partial charge in [-0.25, -0.2) is 4.39 Å². The van der Waals surface area contributed by atoms with Crippen molar-refractivity contribution in [2.75, 3.05) is 18.4 Å². The fourth-order valence-electron chi connectivity index (χ4n) is 7.15. The van der Waals surface area contributed by atoms with Gasteiger partial charge >= 0.3 is 0 Å². The third kappa shape index (κ3) is 3.22. The minimum absolute atomic E-state index is 0. The number of carbonyl (C=O) groups is 1. The predicted molar refractivity (Wildman–Crippen MR) is 137 cm³/mol. The number of phenols is 1. The van der Waals surface area contributed by atoms with E-state index in [1.165, 1.54) is 25.0 Å². The molecular formula is C28H30ClFN2O5. The number of aromatic hydroxyl groups is 1. The summed E-state index contributed by atoms with van der Waals surface area (Å²) < 4.78 is 19.8. The molecule has 2 aromatic rings. The summed E-state index contributed by atoms with van der Waals surface area (Å²) in [6, 6.07) is 7.05. The summed E-state index contributed by atoms with van der Waals surface area (Å²) in [7, 11) is 0. The van der Waals surface area contributed by atoms with Crippen molar-refractivity contribution in [3.63, 3.8) is 0 Å². The molecule has 5 aliphatic rings. The van der Waals surface area contributed by atoms with Gasteiger partial charge in [0.2, 0.25) is 0 Å². The van der Waals surface area contributed by atoms with Crippen LogP contribution in [0.5, 0.6) is 11.5 Å². The van der Waals surface area contributed by atoms with Gasteiger partial charge in [0.25, 0.3) is 5.91 Å². The number of likely N-dealkylation sites (tertiary alicyclic amines) is 1. The third-order valence-corrected chi connectivity index (χ3v) is 9.26. The fourth-order valence-corrected chi connectivity index (χ4v) is 7.33. The SMILES string of the molecule is C.O=C(Nc1ccc(F)c(Cl)c1)C1=C(O)[C@@H]2Oc3c(O)ccc4c3[C@@]23CCN(CC2CC2)[C@H](C4)[C@]3(O)C1. The molecule has 37 heavy (non-hydrogen) atoms. The Labute approximate surface area is 219 Å². The van der Waals surface area contributed by atoms with Gasteiger partial charge in [-0.2, -0.15) is 0 Å². The molecule has 4 N–H and O–H groups in total. The normalized spacial score (nSPS) is 31.3. The maximum absolute atomic E-state index is 13.6. The first-order valence-electron chi connectivity index (χ1n) is 12.4. The molecule has 2 aromatic carbocycles. The highest BCUT2D eigenvalue weighted by Gasteiger charge is 2.73. The first kappa shape index (κ1) is 24.5. The first-order chi connectivity index (χ1) is 17.2. The number of anilines is 1. The van der Waals surface area contributed by atoms with Crippen LogP contribution in [0.4, 0.5) is 10.1 Å². The smallest absolute Gasteiger partial charge is 0.255 e. The molecule has 0 radical (unpaired) electrons. The molecular weight excluding hydrogens is 499 g/mol. The number of aliphatic hydroxyl groups excluding tert-OH is 1. The average Bonchev–Trinajstić information content (AvgIpc) is 3.58. The molecule has 2 fully saturated rings. The number of nitrogens with zero attached hydrogens (tertiary/aromatic N) is 1. The van der Waals surface area contributed by atoms with Crippen molar-refractivity contribution < 1.29 is 29.2 Å². The molecule has 1 saturated carbocycles. The Morgan fingerprint density at radius 1 is 1.24 bits per heavy atom. The van der Waals surface area contributed by atoms with Crippen LogP contribution in [0.25, 0.3) is 0 Å². The molecule has 2 bridgehead atoms. The van der Waals surface area contributed by atoms with Gasteiger partial charge in [-0.3, -0.25) is 9.69 Å². The molecule has 0 unspecified atom stereocenters. The van der Waals surface area contributed by atoms with Crippen LogP contribution in [0, 0.1) is 11.7 Å². The highest BCUT2D eigenvalue weighted by atomic mass is 35.5. The summed E-state index contributed by atoms with van der Waals surface area (Å²) in [4.78, 5) is 15.8. The van der Waals surface area contributed by atoms with Crippen LogP contribution >= 0.6 is 11.6 Å². The summed E-state index contributed by atoms with van der Waals surface area (Å²) >= 11 is 5.87. The lowest BCUT2D eigenvalue weighted by molar-refractivity contribution is -0.172. The van der Waals surface area contributed by atoms with Crippen LogP contribution in [-0.2, 0) is 16.6 Å². The van der Waals surface area contributed by atoms with Crippen LogP contribution in [0.2, 0.25) is 5.02 Å². The molecule has 9 heteroatoms. The van der Waals surface area contributed by atoms with Crippen molar-refractivity contribution >= 4 is 23.2 Å². The van der Waals surface area contributed by atoms with E-state index in [2.05, 4.69) is 10.2 Å². The Kier molecular flexibility index (Phi) is 5.36. The molecule has 3 aliphatic carbocycles. The Bertz CT molecular complexity index is 1360. The fraction of sp³-hybridized carbons (Fsp3) is 0.464. The van der Waals surface area contributed by atoms with E-state index in [-0.39, 0.29) is 53.4 Å². The molecule has 7 rings (SSSR count). The highest BCUT2D eigenvalue weighted by molar-refractivity contribution is 6.31. The van der Waals surface area contributed by atoms with Gasteiger partial charge in [-0.05, 0) is 68.0 Å². The number of hydrogen-bond acceptors (Lipinski definition) is 6. The lowest BCUT2D eigenvalue weighted by Crippen LogP contribution is -2.75. The number of ether oxygens (including phenoxy) is 1. The molecule has 1 spiro atoms. The zero-order chi connectivity index (χ0) is 25.0. The van der Waals surface area contributed by atoms with E-state index in [0.29, 0.717) is 18.8 Å². The predicted octanol–water partition coefficient (Wildman–Crippen LogP) is 4.45. The maximum Gasteiger partial charge on any atom is 0.255 e. The monoisotopic (exact) mass is 528 g/mol. The number of halogens is 2. The van der Waals surface area contributed by atoms with Crippen LogP contribution in [0.1, 0.15) is 44.2 Å². The second-order valence-electron chi connectivity index (χ2n) is 10.9. The molecule has 2 heterocycles. The van der Waals surface area contributed by atoms with Crippen molar-refractivity contribution in [3.8, 4) is 11.5 Å². The maximum atomic E-state index is 13.6. The summed E-state index contributed by atoms with van der Waals surface area (Å²) in [5.41, 5.74) is -0.306.